The lowest BCUT2D eigenvalue weighted by molar-refractivity contribution is 0.630. The number of halogens is 1. The van der Waals surface area contributed by atoms with Gasteiger partial charge in [-0.3, -0.25) is 0 Å². The predicted molar refractivity (Wildman–Crippen MR) is 80.8 cm³/mol. The monoisotopic (exact) mass is 303 g/mol. The minimum absolute atomic E-state index is 0.257. The maximum Gasteiger partial charge on any atom is 0.0577 e. The third-order valence-corrected chi connectivity index (χ3v) is 3.40. The first-order valence-electron chi connectivity index (χ1n) is 6.26. The van der Waals surface area contributed by atoms with E-state index in [9.17, 15) is 0 Å². The number of hydrogen-bond donors (Lipinski definition) is 1. The van der Waals surface area contributed by atoms with Crippen LogP contribution in [-0.2, 0) is 0 Å². The number of aryl methyl sites for hydroxylation is 1. The molecule has 0 bridgehead atoms. The molecule has 0 fully saturated rings. The van der Waals surface area contributed by atoms with E-state index in [1.54, 1.807) is 0 Å². The van der Waals surface area contributed by atoms with Crippen molar-refractivity contribution < 1.29 is 0 Å². The highest BCUT2D eigenvalue weighted by Crippen LogP contribution is 2.25. The summed E-state index contributed by atoms with van der Waals surface area (Å²) in [6.45, 7) is 5.22. The SMILES string of the molecule is CCNC(c1ccccc1)c1cc(C)cc(Br)c1. The summed E-state index contributed by atoms with van der Waals surface area (Å²) in [5.41, 5.74) is 3.88. The first kappa shape index (κ1) is 13.3. The second-order valence-corrected chi connectivity index (χ2v) is 5.38. The lowest BCUT2D eigenvalue weighted by Crippen LogP contribution is -2.22. The highest BCUT2D eigenvalue weighted by Gasteiger charge is 2.13. The number of rotatable bonds is 4. The minimum atomic E-state index is 0.257. The van der Waals surface area contributed by atoms with Gasteiger partial charge in [0.25, 0.3) is 0 Å². The van der Waals surface area contributed by atoms with Gasteiger partial charge >= 0.3 is 0 Å². The van der Waals surface area contributed by atoms with E-state index in [1.807, 2.05) is 0 Å². The summed E-state index contributed by atoms with van der Waals surface area (Å²) in [4.78, 5) is 0. The van der Waals surface area contributed by atoms with Gasteiger partial charge in [0.05, 0.1) is 6.04 Å². The van der Waals surface area contributed by atoms with E-state index in [-0.39, 0.29) is 6.04 Å². The lowest BCUT2D eigenvalue weighted by Gasteiger charge is -2.19. The molecule has 2 aromatic carbocycles. The normalized spacial score (nSPS) is 12.4. The fourth-order valence-electron chi connectivity index (χ4n) is 2.21. The fourth-order valence-corrected chi connectivity index (χ4v) is 2.83. The van der Waals surface area contributed by atoms with Crippen LogP contribution in [0.3, 0.4) is 0 Å². The molecule has 2 aromatic rings. The van der Waals surface area contributed by atoms with Crippen molar-refractivity contribution in [2.24, 2.45) is 0 Å². The molecule has 0 aliphatic rings. The Labute approximate surface area is 117 Å². The summed E-state index contributed by atoms with van der Waals surface area (Å²) in [6, 6.07) is 17.4. The van der Waals surface area contributed by atoms with Gasteiger partial charge in [-0.25, -0.2) is 0 Å². The topological polar surface area (TPSA) is 12.0 Å². The maximum atomic E-state index is 3.58. The molecule has 0 saturated heterocycles. The Morgan fingerprint density at radius 3 is 2.39 bits per heavy atom. The molecule has 2 rings (SSSR count). The van der Waals surface area contributed by atoms with Gasteiger partial charge in [0.1, 0.15) is 0 Å². The Bertz CT molecular complexity index is 488. The number of benzene rings is 2. The summed E-state index contributed by atoms with van der Waals surface area (Å²) in [7, 11) is 0. The van der Waals surface area contributed by atoms with Crippen molar-refractivity contribution in [2.45, 2.75) is 19.9 Å². The second kappa shape index (κ2) is 6.17. The van der Waals surface area contributed by atoms with Gasteiger partial charge < -0.3 is 5.32 Å². The average molecular weight is 304 g/mol. The van der Waals surface area contributed by atoms with E-state index in [1.165, 1.54) is 16.7 Å². The van der Waals surface area contributed by atoms with Crippen LogP contribution in [0.25, 0.3) is 0 Å². The van der Waals surface area contributed by atoms with Crippen LogP contribution in [0.2, 0.25) is 0 Å². The Balaban J connectivity index is 2.41. The van der Waals surface area contributed by atoms with E-state index in [0.29, 0.717) is 0 Å². The van der Waals surface area contributed by atoms with Gasteiger partial charge in [-0.2, -0.15) is 0 Å². The third-order valence-electron chi connectivity index (χ3n) is 2.94. The summed E-state index contributed by atoms with van der Waals surface area (Å²) in [6.07, 6.45) is 0. The smallest absolute Gasteiger partial charge is 0.0577 e. The minimum Gasteiger partial charge on any atom is -0.307 e. The van der Waals surface area contributed by atoms with E-state index in [4.69, 9.17) is 0 Å². The van der Waals surface area contributed by atoms with Crippen molar-refractivity contribution in [3.63, 3.8) is 0 Å². The molecule has 94 valence electrons. The van der Waals surface area contributed by atoms with Crippen molar-refractivity contribution in [3.05, 3.63) is 69.7 Å². The Hall–Kier alpha value is -1.12. The van der Waals surface area contributed by atoms with Crippen LogP contribution in [0.4, 0.5) is 0 Å². The predicted octanol–water partition coefficient (Wildman–Crippen LogP) is 4.46. The molecule has 0 spiro atoms. The number of nitrogens with one attached hydrogen (secondary N) is 1. The zero-order valence-electron chi connectivity index (χ0n) is 10.8. The maximum absolute atomic E-state index is 3.58. The molecule has 0 aromatic heterocycles. The molecule has 1 atom stereocenters. The van der Waals surface area contributed by atoms with Gasteiger partial charge in [-0.05, 0) is 42.3 Å². The van der Waals surface area contributed by atoms with Crippen molar-refractivity contribution in [1.29, 1.82) is 0 Å². The summed E-state index contributed by atoms with van der Waals surface area (Å²) in [5, 5.41) is 3.55. The molecule has 0 heterocycles. The van der Waals surface area contributed by atoms with Crippen LogP contribution in [-0.4, -0.2) is 6.54 Å². The average Bonchev–Trinajstić information content (AvgIpc) is 2.36. The Morgan fingerprint density at radius 2 is 1.78 bits per heavy atom. The van der Waals surface area contributed by atoms with Gasteiger partial charge in [0, 0.05) is 4.47 Å². The van der Waals surface area contributed by atoms with Crippen LogP contribution in [0.5, 0.6) is 0 Å². The zero-order chi connectivity index (χ0) is 13.0. The standard InChI is InChI=1S/C16H18BrN/c1-3-18-16(13-7-5-4-6-8-13)14-9-12(2)10-15(17)11-14/h4-11,16,18H,3H2,1-2H3. The van der Waals surface area contributed by atoms with E-state index >= 15 is 0 Å². The summed E-state index contributed by atoms with van der Waals surface area (Å²) in [5.74, 6) is 0. The molecule has 0 saturated carbocycles. The first-order valence-corrected chi connectivity index (χ1v) is 7.05. The van der Waals surface area contributed by atoms with Crippen LogP contribution < -0.4 is 5.32 Å². The highest BCUT2D eigenvalue weighted by atomic mass is 79.9. The fraction of sp³-hybridized carbons (Fsp3) is 0.250. The quantitative estimate of drug-likeness (QED) is 0.879. The van der Waals surface area contributed by atoms with Crippen LogP contribution in [0.1, 0.15) is 29.7 Å². The van der Waals surface area contributed by atoms with Crippen LogP contribution in [0.15, 0.2) is 53.0 Å². The van der Waals surface area contributed by atoms with Crippen molar-refractivity contribution in [1.82, 2.24) is 5.32 Å². The molecule has 2 heteroatoms. The van der Waals surface area contributed by atoms with Crippen LogP contribution >= 0.6 is 15.9 Å². The molecule has 1 nitrogen and oxygen atoms in total. The Morgan fingerprint density at radius 1 is 1.06 bits per heavy atom. The van der Waals surface area contributed by atoms with E-state index < -0.39 is 0 Å². The molecular weight excluding hydrogens is 286 g/mol. The molecular formula is C16H18BrN. The van der Waals surface area contributed by atoms with E-state index in [0.717, 1.165) is 11.0 Å². The second-order valence-electron chi connectivity index (χ2n) is 4.46. The van der Waals surface area contributed by atoms with Gasteiger partial charge in [-0.1, -0.05) is 59.3 Å². The summed E-state index contributed by atoms with van der Waals surface area (Å²) >= 11 is 3.58. The van der Waals surface area contributed by atoms with Gasteiger partial charge in [-0.15, -0.1) is 0 Å². The molecule has 0 aliphatic heterocycles. The van der Waals surface area contributed by atoms with Crippen molar-refractivity contribution >= 4 is 15.9 Å². The van der Waals surface area contributed by atoms with Gasteiger partial charge in [0.2, 0.25) is 0 Å². The number of hydrogen-bond acceptors (Lipinski definition) is 1. The van der Waals surface area contributed by atoms with E-state index in [2.05, 4.69) is 83.6 Å². The van der Waals surface area contributed by atoms with Gasteiger partial charge in [0.15, 0.2) is 0 Å². The van der Waals surface area contributed by atoms with Crippen LogP contribution in [0, 0.1) is 6.92 Å². The lowest BCUT2D eigenvalue weighted by atomic mass is 9.97. The summed E-state index contributed by atoms with van der Waals surface area (Å²) < 4.78 is 1.14. The van der Waals surface area contributed by atoms with Crippen molar-refractivity contribution in [3.8, 4) is 0 Å². The van der Waals surface area contributed by atoms with Crippen molar-refractivity contribution in [2.75, 3.05) is 6.54 Å². The Kier molecular flexibility index (Phi) is 4.56. The molecule has 1 N–H and O–H groups in total. The third kappa shape index (κ3) is 3.21. The molecule has 18 heavy (non-hydrogen) atoms. The molecule has 0 aliphatic carbocycles. The molecule has 1 unspecified atom stereocenters. The highest BCUT2D eigenvalue weighted by molar-refractivity contribution is 9.10. The zero-order valence-corrected chi connectivity index (χ0v) is 12.4. The largest absolute Gasteiger partial charge is 0.307 e. The molecule has 0 radical (unpaired) electrons. The first-order chi connectivity index (χ1) is 8.70. The molecule has 0 amide bonds.